The van der Waals surface area contributed by atoms with Crippen LogP contribution < -0.4 is 0 Å². The van der Waals surface area contributed by atoms with E-state index in [0.717, 1.165) is 5.69 Å². The van der Waals surface area contributed by atoms with E-state index in [4.69, 9.17) is 4.98 Å². The van der Waals surface area contributed by atoms with E-state index in [1.165, 1.54) is 22.3 Å². The molecule has 0 aliphatic carbocycles. The molecule has 2 rings (SSSR count). The summed E-state index contributed by atoms with van der Waals surface area (Å²) in [7, 11) is 4.53. The van der Waals surface area contributed by atoms with Crippen LogP contribution in [0.1, 0.15) is 44.4 Å². The van der Waals surface area contributed by atoms with E-state index in [9.17, 15) is 0 Å². The van der Waals surface area contributed by atoms with Gasteiger partial charge >= 0.3 is 0 Å². The molecule has 0 aliphatic rings. The third-order valence-corrected chi connectivity index (χ3v) is 3.87. The summed E-state index contributed by atoms with van der Waals surface area (Å²) in [6, 6.07) is 10.9. The fraction of sp³-hybridized carbons (Fsp3) is 0.389. The number of rotatable bonds is 3. The second kappa shape index (κ2) is 5.36. The molecule has 108 valence electrons. The average Bonchev–Trinajstić information content (AvgIpc) is 2.37. The van der Waals surface area contributed by atoms with Crippen LogP contribution in [0, 0.1) is 6.92 Å². The summed E-state index contributed by atoms with van der Waals surface area (Å²) in [5.41, 5.74) is 6.26. The number of nitrogens with zero attached hydrogens (tertiary/aromatic N) is 1. The first-order chi connectivity index (χ1) is 9.59. The summed E-state index contributed by atoms with van der Waals surface area (Å²) < 4.78 is 0. The average molecular weight is 277 g/mol. The molecule has 0 aliphatic heterocycles. The molecule has 0 saturated heterocycles. The highest BCUT2D eigenvalue weighted by Crippen LogP contribution is 2.33. The van der Waals surface area contributed by atoms with Gasteiger partial charge in [-0.25, -0.2) is 0 Å². The van der Waals surface area contributed by atoms with Crippen LogP contribution in [-0.4, -0.2) is 20.7 Å². The summed E-state index contributed by atoms with van der Waals surface area (Å²) in [6.45, 7) is 11.2. The molecule has 1 aromatic carbocycles. The molecule has 2 aromatic rings. The Morgan fingerprint density at radius 1 is 0.857 bits per heavy atom. The van der Waals surface area contributed by atoms with Crippen LogP contribution in [0.2, 0.25) is 0 Å². The molecule has 0 fully saturated rings. The topological polar surface area (TPSA) is 12.9 Å². The zero-order valence-corrected chi connectivity index (χ0v) is 14.4. The van der Waals surface area contributed by atoms with Crippen molar-refractivity contribution < 1.29 is 0 Å². The molecule has 0 bridgehead atoms. The Morgan fingerprint density at radius 2 is 1.38 bits per heavy atom. The maximum Gasteiger partial charge on any atom is 0.114 e. The van der Waals surface area contributed by atoms with Crippen molar-refractivity contribution in [2.24, 2.45) is 0 Å². The van der Waals surface area contributed by atoms with E-state index in [1.54, 1.807) is 0 Å². The Labute approximate surface area is 131 Å². The van der Waals surface area contributed by atoms with E-state index in [0.29, 0.717) is 0 Å². The van der Waals surface area contributed by atoms with Crippen molar-refractivity contribution in [3.63, 3.8) is 0 Å². The van der Waals surface area contributed by atoms with Crippen LogP contribution in [0.25, 0.3) is 11.3 Å². The Morgan fingerprint density at radius 3 is 1.86 bits per heavy atom. The molecule has 0 N–H and O–H groups in total. The van der Waals surface area contributed by atoms with Gasteiger partial charge in [-0.3, -0.25) is 4.98 Å². The number of aromatic nitrogens is 1. The summed E-state index contributed by atoms with van der Waals surface area (Å²) in [5, 5.41) is 0.229. The van der Waals surface area contributed by atoms with Crippen LogP contribution in [0.5, 0.6) is 0 Å². The zero-order chi connectivity index (χ0) is 15.8. The highest BCUT2D eigenvalue weighted by molar-refractivity contribution is 6.17. The predicted octanol–water partition coefficient (Wildman–Crippen LogP) is 2.79. The first kappa shape index (κ1) is 15.9. The highest BCUT2D eigenvalue weighted by atomic mass is 14.7. The summed E-state index contributed by atoms with van der Waals surface area (Å²) in [4.78, 5) is 4.72. The molecular weight excluding hydrogens is 252 g/mol. The third-order valence-electron chi connectivity index (χ3n) is 3.87. The maximum atomic E-state index is 4.72. The molecule has 0 atom stereocenters. The van der Waals surface area contributed by atoms with Crippen molar-refractivity contribution in [3.8, 4) is 11.3 Å². The molecule has 0 unspecified atom stereocenters. The minimum Gasteiger partial charge on any atom is -0.256 e. The second-order valence-electron chi connectivity index (χ2n) is 7.98. The lowest BCUT2D eigenvalue weighted by atomic mass is 9.59. The van der Waals surface area contributed by atoms with Gasteiger partial charge in [-0.1, -0.05) is 57.5 Å². The fourth-order valence-electron chi connectivity index (χ4n) is 2.56. The molecule has 21 heavy (non-hydrogen) atoms. The summed E-state index contributed by atoms with van der Waals surface area (Å²) >= 11 is 0. The molecule has 0 saturated carbocycles. The Hall–Kier alpha value is -1.50. The lowest BCUT2D eigenvalue weighted by molar-refractivity contribution is 0.687. The zero-order valence-electron chi connectivity index (χ0n) is 14.4. The quantitative estimate of drug-likeness (QED) is 0.786. The van der Waals surface area contributed by atoms with E-state index in [1.807, 2.05) is 0 Å². The van der Waals surface area contributed by atoms with Crippen molar-refractivity contribution in [2.45, 2.75) is 45.2 Å². The van der Waals surface area contributed by atoms with E-state index < -0.39 is 0 Å². The first-order valence-electron chi connectivity index (χ1n) is 7.67. The highest BCUT2D eigenvalue weighted by Gasteiger charge is 2.25. The fourth-order valence-corrected chi connectivity index (χ4v) is 2.56. The number of pyridine rings is 1. The number of hydrogen-bond donors (Lipinski definition) is 0. The van der Waals surface area contributed by atoms with Crippen LogP contribution in [-0.2, 0) is 10.6 Å². The molecule has 1 heterocycles. The first-order valence-corrected chi connectivity index (χ1v) is 7.67. The molecule has 1 aromatic heterocycles. The number of aryl methyl sites for hydroxylation is 1. The van der Waals surface area contributed by atoms with Gasteiger partial charge in [0.2, 0.25) is 0 Å². The van der Waals surface area contributed by atoms with Gasteiger partial charge in [0.05, 0.1) is 5.69 Å². The van der Waals surface area contributed by atoms with Crippen molar-refractivity contribution >= 4 is 15.7 Å². The van der Waals surface area contributed by atoms with E-state index in [-0.39, 0.29) is 10.6 Å². The van der Waals surface area contributed by atoms with Gasteiger partial charge < -0.3 is 0 Å². The van der Waals surface area contributed by atoms with Gasteiger partial charge in [-0.2, -0.15) is 0 Å². The largest absolute Gasteiger partial charge is 0.256 e. The van der Waals surface area contributed by atoms with Crippen molar-refractivity contribution in [1.82, 2.24) is 4.98 Å². The van der Waals surface area contributed by atoms with Crippen molar-refractivity contribution in [2.75, 3.05) is 0 Å². The SMILES string of the molecule is BC(C)(C)c1cnc(-c2ccc(C)cc2)cc1C(B)(C)C. The van der Waals surface area contributed by atoms with Crippen LogP contribution in [0.3, 0.4) is 0 Å². The van der Waals surface area contributed by atoms with Crippen molar-refractivity contribution in [3.05, 3.63) is 53.2 Å². The van der Waals surface area contributed by atoms with Gasteiger partial charge in [0.15, 0.2) is 0 Å². The molecule has 0 spiro atoms. The van der Waals surface area contributed by atoms with Crippen LogP contribution in [0.4, 0.5) is 0 Å². The summed E-state index contributed by atoms with van der Waals surface area (Å²) in [5.74, 6) is 0. The minimum atomic E-state index is 0.113. The predicted molar refractivity (Wildman–Crippen MR) is 97.6 cm³/mol. The molecule has 3 heteroatoms. The molecule has 0 amide bonds. The van der Waals surface area contributed by atoms with Gasteiger partial charge in [0.1, 0.15) is 15.7 Å². The second-order valence-corrected chi connectivity index (χ2v) is 7.98. The maximum absolute atomic E-state index is 4.72. The minimum absolute atomic E-state index is 0.113. The van der Waals surface area contributed by atoms with Gasteiger partial charge in [-0.15, -0.1) is 0 Å². The summed E-state index contributed by atoms with van der Waals surface area (Å²) in [6.07, 6.45) is 2.07. The van der Waals surface area contributed by atoms with Gasteiger partial charge in [0.25, 0.3) is 0 Å². The Bertz CT molecular complexity index is 632. The lowest BCUT2D eigenvalue weighted by Gasteiger charge is -2.30. The molecular formula is C18H25B2N. The third kappa shape index (κ3) is 3.58. The Kier molecular flexibility index (Phi) is 4.06. The molecule has 1 nitrogen and oxygen atoms in total. The number of benzene rings is 1. The Balaban J connectivity index is 2.60. The lowest BCUT2D eigenvalue weighted by Crippen LogP contribution is -2.27. The van der Waals surface area contributed by atoms with E-state index >= 15 is 0 Å². The molecule has 0 radical (unpaired) electrons. The van der Waals surface area contributed by atoms with Crippen LogP contribution >= 0.6 is 0 Å². The monoisotopic (exact) mass is 277 g/mol. The number of hydrogen-bond acceptors (Lipinski definition) is 1. The standard InChI is InChI=1S/C18H25B2N/c1-12-6-8-13(9-7-12)16-10-14(17(2,3)19)15(11-21-16)18(4,5)20/h6-11H,19-20H2,1-5H3. The van der Waals surface area contributed by atoms with Crippen molar-refractivity contribution in [1.29, 1.82) is 0 Å². The van der Waals surface area contributed by atoms with Gasteiger partial charge in [0, 0.05) is 11.8 Å². The van der Waals surface area contributed by atoms with Crippen LogP contribution in [0.15, 0.2) is 36.5 Å². The smallest absolute Gasteiger partial charge is 0.114 e. The van der Waals surface area contributed by atoms with E-state index in [2.05, 4.69) is 86.8 Å². The normalized spacial score (nSPS) is 12.4. The van der Waals surface area contributed by atoms with Gasteiger partial charge in [-0.05, 0) is 34.7 Å².